The Bertz CT molecular complexity index is 961. The second-order valence-corrected chi connectivity index (χ2v) is 8.66. The van der Waals surface area contributed by atoms with Crippen LogP contribution in [0.3, 0.4) is 0 Å². The molecule has 0 aromatic carbocycles. The largest absolute Gasteiger partial charge is 0.307 e. The predicted molar refractivity (Wildman–Crippen MR) is 100 cm³/mol. The second kappa shape index (κ2) is 7.76. The van der Waals surface area contributed by atoms with Gasteiger partial charge in [-0.25, -0.2) is 13.4 Å². The summed E-state index contributed by atoms with van der Waals surface area (Å²) in [5, 5.41) is 7.80. The van der Waals surface area contributed by atoms with E-state index in [9.17, 15) is 8.42 Å². The van der Waals surface area contributed by atoms with Crippen molar-refractivity contribution >= 4 is 21.6 Å². The molecule has 7 nitrogen and oxygen atoms in total. The lowest BCUT2D eigenvalue weighted by atomic mass is 10.0. The standard InChI is InChI=1S/C17H20ClN5O2S/c1-3-26(24,25)23-7-6-19-16(12-23)15-8-17(18)20-10-14(15)5-4-13-9-21-22(2)11-13/h8-11,16,19H,3,6-7,12H2,1-2H3. The van der Waals surface area contributed by atoms with E-state index in [1.54, 1.807) is 30.1 Å². The van der Waals surface area contributed by atoms with Crippen LogP contribution in [0.1, 0.15) is 29.7 Å². The maximum Gasteiger partial charge on any atom is 0.213 e. The van der Waals surface area contributed by atoms with Crippen LogP contribution in [0.5, 0.6) is 0 Å². The molecule has 2 aromatic rings. The smallest absolute Gasteiger partial charge is 0.213 e. The molecule has 0 aliphatic carbocycles. The number of aromatic nitrogens is 3. The van der Waals surface area contributed by atoms with E-state index in [1.165, 1.54) is 4.31 Å². The average molecular weight is 394 g/mol. The van der Waals surface area contributed by atoms with Crippen LogP contribution in [0.4, 0.5) is 0 Å². The molecule has 0 spiro atoms. The number of sulfonamides is 1. The maximum absolute atomic E-state index is 12.2. The van der Waals surface area contributed by atoms with Crippen molar-refractivity contribution in [2.45, 2.75) is 13.0 Å². The topological polar surface area (TPSA) is 80.1 Å². The minimum absolute atomic E-state index is 0.0878. The number of pyridine rings is 1. The van der Waals surface area contributed by atoms with Crippen molar-refractivity contribution < 1.29 is 8.42 Å². The van der Waals surface area contributed by atoms with E-state index >= 15 is 0 Å². The van der Waals surface area contributed by atoms with E-state index in [0.29, 0.717) is 30.4 Å². The molecule has 1 unspecified atom stereocenters. The summed E-state index contributed by atoms with van der Waals surface area (Å²) in [6.45, 7) is 3.03. The Balaban J connectivity index is 1.92. The first-order valence-corrected chi connectivity index (χ1v) is 10.2. The predicted octanol–water partition coefficient (Wildman–Crippen LogP) is 1.16. The number of nitrogens with zero attached hydrogens (tertiary/aromatic N) is 4. The molecule has 3 rings (SSSR count). The minimum Gasteiger partial charge on any atom is -0.307 e. The van der Waals surface area contributed by atoms with Crippen LogP contribution < -0.4 is 5.32 Å². The van der Waals surface area contributed by atoms with Crippen molar-refractivity contribution in [2.24, 2.45) is 7.05 Å². The number of halogens is 1. The summed E-state index contributed by atoms with van der Waals surface area (Å²) in [6, 6.07) is 1.55. The Morgan fingerprint density at radius 3 is 2.88 bits per heavy atom. The zero-order valence-corrected chi connectivity index (χ0v) is 16.2. The molecule has 0 bridgehead atoms. The fourth-order valence-electron chi connectivity index (χ4n) is 2.83. The quantitative estimate of drug-likeness (QED) is 0.625. The normalized spacial score (nSPS) is 18.3. The second-order valence-electron chi connectivity index (χ2n) is 6.01. The lowest BCUT2D eigenvalue weighted by Gasteiger charge is -2.33. The Morgan fingerprint density at radius 2 is 2.19 bits per heavy atom. The molecular formula is C17H20ClN5O2S. The van der Waals surface area contributed by atoms with Crippen molar-refractivity contribution in [2.75, 3.05) is 25.4 Å². The van der Waals surface area contributed by atoms with Gasteiger partial charge in [0.15, 0.2) is 0 Å². The third kappa shape index (κ3) is 4.24. The van der Waals surface area contributed by atoms with Gasteiger partial charge in [0, 0.05) is 50.7 Å². The van der Waals surface area contributed by atoms with Gasteiger partial charge < -0.3 is 5.32 Å². The zero-order chi connectivity index (χ0) is 18.7. The monoisotopic (exact) mass is 393 g/mol. The van der Waals surface area contributed by atoms with Crippen LogP contribution in [-0.2, 0) is 17.1 Å². The first-order chi connectivity index (χ1) is 12.4. The van der Waals surface area contributed by atoms with Crippen molar-refractivity contribution in [3.63, 3.8) is 0 Å². The Kier molecular flexibility index (Phi) is 5.63. The lowest BCUT2D eigenvalue weighted by molar-refractivity contribution is 0.302. The summed E-state index contributed by atoms with van der Waals surface area (Å²) < 4.78 is 27.6. The molecule has 138 valence electrons. The minimum atomic E-state index is -3.24. The van der Waals surface area contributed by atoms with Crippen LogP contribution in [0, 0.1) is 11.8 Å². The molecule has 0 amide bonds. The summed E-state index contributed by atoms with van der Waals surface area (Å²) in [4.78, 5) is 4.12. The average Bonchev–Trinajstić information content (AvgIpc) is 3.06. The molecule has 0 saturated carbocycles. The van der Waals surface area contributed by atoms with Gasteiger partial charge in [0.05, 0.1) is 17.5 Å². The third-order valence-electron chi connectivity index (χ3n) is 4.22. The summed E-state index contributed by atoms with van der Waals surface area (Å²) in [7, 11) is -1.41. The van der Waals surface area contributed by atoms with E-state index in [-0.39, 0.29) is 11.8 Å². The molecular weight excluding hydrogens is 374 g/mol. The number of aryl methyl sites for hydroxylation is 1. The van der Waals surface area contributed by atoms with E-state index in [2.05, 4.69) is 27.2 Å². The van der Waals surface area contributed by atoms with Gasteiger partial charge in [-0.3, -0.25) is 4.68 Å². The highest BCUT2D eigenvalue weighted by atomic mass is 35.5. The van der Waals surface area contributed by atoms with Crippen molar-refractivity contribution in [3.05, 3.63) is 46.5 Å². The Hall–Kier alpha value is -1.92. The number of piperazine rings is 1. The number of hydrogen-bond acceptors (Lipinski definition) is 5. The van der Waals surface area contributed by atoms with Crippen LogP contribution in [-0.4, -0.2) is 52.9 Å². The van der Waals surface area contributed by atoms with Gasteiger partial charge in [0.1, 0.15) is 5.15 Å². The lowest BCUT2D eigenvalue weighted by Crippen LogP contribution is -2.48. The van der Waals surface area contributed by atoms with Crippen LogP contribution in [0.25, 0.3) is 0 Å². The highest BCUT2D eigenvalue weighted by Crippen LogP contribution is 2.24. The van der Waals surface area contributed by atoms with Crippen LogP contribution in [0.15, 0.2) is 24.7 Å². The molecule has 1 N–H and O–H groups in total. The number of nitrogens with one attached hydrogen (secondary N) is 1. The van der Waals surface area contributed by atoms with Gasteiger partial charge in [-0.1, -0.05) is 23.4 Å². The number of rotatable bonds is 3. The summed E-state index contributed by atoms with van der Waals surface area (Å²) >= 11 is 6.08. The highest BCUT2D eigenvalue weighted by Gasteiger charge is 2.29. The zero-order valence-electron chi connectivity index (χ0n) is 14.6. The molecule has 26 heavy (non-hydrogen) atoms. The molecule has 1 aliphatic heterocycles. The molecule has 0 radical (unpaired) electrons. The van der Waals surface area contributed by atoms with Crippen molar-refractivity contribution in [1.82, 2.24) is 24.4 Å². The fraction of sp³-hybridized carbons (Fsp3) is 0.412. The van der Waals surface area contributed by atoms with Gasteiger partial charge in [0.25, 0.3) is 0 Å². The van der Waals surface area contributed by atoms with Gasteiger partial charge in [-0.05, 0) is 18.6 Å². The molecule has 2 aromatic heterocycles. The molecule has 1 atom stereocenters. The van der Waals surface area contributed by atoms with Crippen molar-refractivity contribution in [1.29, 1.82) is 0 Å². The molecule has 3 heterocycles. The van der Waals surface area contributed by atoms with Gasteiger partial charge in [-0.2, -0.15) is 9.40 Å². The molecule has 1 saturated heterocycles. The van der Waals surface area contributed by atoms with Crippen LogP contribution >= 0.6 is 11.6 Å². The first kappa shape index (κ1) is 18.9. The van der Waals surface area contributed by atoms with E-state index < -0.39 is 10.0 Å². The van der Waals surface area contributed by atoms with Crippen LogP contribution in [0.2, 0.25) is 5.15 Å². The van der Waals surface area contributed by atoms with E-state index in [1.807, 2.05) is 13.2 Å². The summed E-state index contributed by atoms with van der Waals surface area (Å²) in [5.41, 5.74) is 2.35. The summed E-state index contributed by atoms with van der Waals surface area (Å²) in [5.74, 6) is 6.25. The Labute approximate surface area is 158 Å². The first-order valence-electron chi connectivity index (χ1n) is 8.26. The SMILES string of the molecule is CCS(=O)(=O)N1CCNC(c2cc(Cl)ncc2C#Cc2cnn(C)c2)C1. The third-order valence-corrected chi connectivity index (χ3v) is 6.28. The van der Waals surface area contributed by atoms with E-state index in [4.69, 9.17) is 11.6 Å². The van der Waals surface area contributed by atoms with Gasteiger partial charge in [-0.15, -0.1) is 0 Å². The molecule has 9 heteroatoms. The highest BCUT2D eigenvalue weighted by molar-refractivity contribution is 7.89. The van der Waals surface area contributed by atoms with Gasteiger partial charge >= 0.3 is 0 Å². The maximum atomic E-state index is 12.2. The fourth-order valence-corrected chi connectivity index (χ4v) is 4.11. The van der Waals surface area contributed by atoms with Crippen molar-refractivity contribution in [3.8, 4) is 11.8 Å². The number of hydrogen-bond donors (Lipinski definition) is 1. The van der Waals surface area contributed by atoms with E-state index in [0.717, 1.165) is 11.1 Å². The molecule has 1 fully saturated rings. The summed E-state index contributed by atoms with van der Waals surface area (Å²) in [6.07, 6.45) is 5.13. The van der Waals surface area contributed by atoms with Gasteiger partial charge in [0.2, 0.25) is 10.0 Å². The Morgan fingerprint density at radius 1 is 1.38 bits per heavy atom. The molecule has 1 aliphatic rings.